The monoisotopic (exact) mass is 237 g/mol. The first-order valence-corrected chi connectivity index (χ1v) is 5.07. The number of ether oxygens (including phenoxy) is 1. The predicted octanol–water partition coefficient (Wildman–Crippen LogP) is 1.23. The van der Waals surface area contributed by atoms with Crippen molar-refractivity contribution in [3.63, 3.8) is 0 Å². The van der Waals surface area contributed by atoms with Gasteiger partial charge in [0.25, 0.3) is 0 Å². The Morgan fingerprint density at radius 1 is 1.53 bits per heavy atom. The third-order valence-corrected chi connectivity index (χ3v) is 2.43. The van der Waals surface area contributed by atoms with Crippen LogP contribution >= 0.6 is 0 Å². The van der Waals surface area contributed by atoms with Gasteiger partial charge in [-0.2, -0.15) is 5.10 Å². The van der Waals surface area contributed by atoms with Gasteiger partial charge < -0.3 is 9.84 Å². The van der Waals surface area contributed by atoms with E-state index in [1.165, 1.54) is 19.5 Å². The number of benzene rings is 1. The summed E-state index contributed by atoms with van der Waals surface area (Å²) in [5.41, 5.74) is 0.369. The highest BCUT2D eigenvalue weighted by Gasteiger charge is 2.16. The van der Waals surface area contributed by atoms with Gasteiger partial charge in [0.15, 0.2) is 17.4 Å². The molecule has 2 rings (SSSR count). The first-order chi connectivity index (χ1) is 8.22. The molecule has 0 fully saturated rings. The van der Waals surface area contributed by atoms with Crippen LogP contribution in [-0.4, -0.2) is 27.4 Å². The van der Waals surface area contributed by atoms with Crippen molar-refractivity contribution < 1.29 is 14.2 Å². The van der Waals surface area contributed by atoms with E-state index in [1.807, 2.05) is 0 Å². The fourth-order valence-electron chi connectivity index (χ4n) is 1.55. The third kappa shape index (κ3) is 2.42. The smallest absolute Gasteiger partial charge is 0.168 e. The number of aromatic amines is 1. The Bertz CT molecular complexity index is 487. The molecule has 1 unspecified atom stereocenters. The molecule has 0 aliphatic carbocycles. The van der Waals surface area contributed by atoms with Gasteiger partial charge in [-0.15, -0.1) is 0 Å². The lowest BCUT2D eigenvalue weighted by Crippen LogP contribution is -2.06. The molecule has 0 aliphatic heterocycles. The minimum absolute atomic E-state index is 0.109. The fourth-order valence-corrected chi connectivity index (χ4v) is 1.55. The van der Waals surface area contributed by atoms with E-state index in [-0.39, 0.29) is 12.2 Å². The maximum Gasteiger partial charge on any atom is 0.168 e. The first-order valence-electron chi connectivity index (χ1n) is 5.07. The second-order valence-corrected chi connectivity index (χ2v) is 3.52. The van der Waals surface area contributed by atoms with Crippen LogP contribution in [0.2, 0.25) is 0 Å². The van der Waals surface area contributed by atoms with Crippen molar-refractivity contribution in [1.29, 1.82) is 0 Å². The second kappa shape index (κ2) is 4.92. The summed E-state index contributed by atoms with van der Waals surface area (Å²) in [6.45, 7) is 0. The van der Waals surface area contributed by atoms with Gasteiger partial charge in [-0.1, -0.05) is 12.1 Å². The Morgan fingerprint density at radius 3 is 3.00 bits per heavy atom. The van der Waals surface area contributed by atoms with Crippen LogP contribution in [-0.2, 0) is 6.42 Å². The summed E-state index contributed by atoms with van der Waals surface area (Å²) in [6.07, 6.45) is 0.484. The van der Waals surface area contributed by atoms with E-state index in [1.54, 1.807) is 12.1 Å². The Kier molecular flexibility index (Phi) is 3.34. The van der Waals surface area contributed by atoms with E-state index in [9.17, 15) is 9.50 Å². The Labute approximate surface area is 97.3 Å². The summed E-state index contributed by atoms with van der Waals surface area (Å²) in [7, 11) is 1.40. The molecule has 1 aromatic heterocycles. The number of nitrogens with one attached hydrogen (secondary N) is 1. The number of hydrogen-bond acceptors (Lipinski definition) is 4. The second-order valence-electron chi connectivity index (χ2n) is 3.52. The Balaban J connectivity index is 2.19. The zero-order valence-corrected chi connectivity index (χ0v) is 9.22. The molecular formula is C11H12FN3O2. The number of methoxy groups -OCH3 is 1. The van der Waals surface area contributed by atoms with Crippen LogP contribution in [0.25, 0.3) is 0 Å². The van der Waals surface area contributed by atoms with Gasteiger partial charge in [0, 0.05) is 6.42 Å². The van der Waals surface area contributed by atoms with E-state index >= 15 is 0 Å². The average molecular weight is 237 g/mol. The molecule has 0 spiro atoms. The molecule has 17 heavy (non-hydrogen) atoms. The molecule has 1 aromatic carbocycles. The average Bonchev–Trinajstić information content (AvgIpc) is 2.85. The molecule has 2 aromatic rings. The minimum Gasteiger partial charge on any atom is -0.494 e. The summed E-state index contributed by atoms with van der Waals surface area (Å²) in [6, 6.07) is 4.79. The maximum absolute atomic E-state index is 13.8. The van der Waals surface area contributed by atoms with Crippen LogP contribution in [0.4, 0.5) is 4.39 Å². The molecule has 0 aliphatic rings. The number of hydrogen-bond donors (Lipinski definition) is 2. The van der Waals surface area contributed by atoms with Crippen LogP contribution in [0.1, 0.15) is 17.5 Å². The largest absolute Gasteiger partial charge is 0.494 e. The molecule has 0 saturated heterocycles. The zero-order valence-electron chi connectivity index (χ0n) is 9.22. The molecule has 1 heterocycles. The lowest BCUT2D eigenvalue weighted by Gasteiger charge is -2.10. The van der Waals surface area contributed by atoms with E-state index < -0.39 is 11.9 Å². The third-order valence-electron chi connectivity index (χ3n) is 2.43. The number of halogens is 1. The maximum atomic E-state index is 13.8. The number of H-pyrrole nitrogens is 1. The van der Waals surface area contributed by atoms with E-state index in [0.717, 1.165) is 0 Å². The highest BCUT2D eigenvalue weighted by atomic mass is 19.1. The van der Waals surface area contributed by atoms with Gasteiger partial charge in [-0.05, 0) is 11.6 Å². The molecule has 5 nitrogen and oxygen atoms in total. The van der Waals surface area contributed by atoms with Crippen molar-refractivity contribution in [2.45, 2.75) is 12.5 Å². The Hall–Kier alpha value is -1.95. The van der Waals surface area contributed by atoms with Crippen molar-refractivity contribution in [1.82, 2.24) is 15.2 Å². The summed E-state index contributed by atoms with van der Waals surface area (Å²) < 4.78 is 18.7. The molecule has 0 amide bonds. The molecule has 0 saturated carbocycles. The van der Waals surface area contributed by atoms with E-state index in [0.29, 0.717) is 11.4 Å². The highest BCUT2D eigenvalue weighted by Crippen LogP contribution is 2.23. The van der Waals surface area contributed by atoms with Gasteiger partial charge in [0.2, 0.25) is 0 Å². The Morgan fingerprint density at radius 2 is 2.35 bits per heavy atom. The fraction of sp³-hybridized carbons (Fsp3) is 0.273. The molecule has 0 radical (unpaired) electrons. The first kappa shape index (κ1) is 11.5. The van der Waals surface area contributed by atoms with E-state index in [2.05, 4.69) is 15.2 Å². The van der Waals surface area contributed by atoms with Crippen LogP contribution < -0.4 is 4.74 Å². The summed E-state index contributed by atoms with van der Waals surface area (Å²) in [5, 5.41) is 16.0. The van der Waals surface area contributed by atoms with Crippen molar-refractivity contribution >= 4 is 0 Å². The number of aliphatic hydroxyl groups excluding tert-OH is 1. The highest BCUT2D eigenvalue weighted by molar-refractivity contribution is 5.31. The van der Waals surface area contributed by atoms with Crippen LogP contribution in [0, 0.1) is 5.82 Å². The van der Waals surface area contributed by atoms with Gasteiger partial charge >= 0.3 is 0 Å². The lowest BCUT2D eigenvalue weighted by atomic mass is 10.1. The summed E-state index contributed by atoms with van der Waals surface area (Å²) in [5.74, 6) is 0.00746. The van der Waals surface area contributed by atoms with Gasteiger partial charge in [-0.3, -0.25) is 5.10 Å². The molecule has 0 bridgehead atoms. The molecule has 2 N–H and O–H groups in total. The molecule has 90 valence electrons. The lowest BCUT2D eigenvalue weighted by molar-refractivity contribution is 0.167. The summed E-state index contributed by atoms with van der Waals surface area (Å²) >= 11 is 0. The molecule has 6 heteroatoms. The number of aliphatic hydroxyl groups is 1. The SMILES string of the molecule is COc1cccc(CC(O)c2ncn[nH]2)c1F. The van der Waals surface area contributed by atoms with Gasteiger partial charge in [-0.25, -0.2) is 9.37 Å². The van der Waals surface area contributed by atoms with Crippen molar-refractivity contribution in [2.24, 2.45) is 0 Å². The molecular weight excluding hydrogens is 225 g/mol. The number of rotatable bonds is 4. The van der Waals surface area contributed by atoms with Gasteiger partial charge in [0.1, 0.15) is 12.4 Å². The topological polar surface area (TPSA) is 71.0 Å². The van der Waals surface area contributed by atoms with Crippen molar-refractivity contribution in [3.05, 3.63) is 41.7 Å². The minimum atomic E-state index is -0.917. The molecule has 1 atom stereocenters. The number of aromatic nitrogens is 3. The predicted molar refractivity (Wildman–Crippen MR) is 58.0 cm³/mol. The standard InChI is InChI=1S/C11H12FN3O2/c1-17-9-4-2-3-7(10(9)12)5-8(16)11-13-6-14-15-11/h2-4,6,8,16H,5H2,1H3,(H,13,14,15). The quantitative estimate of drug-likeness (QED) is 0.839. The van der Waals surface area contributed by atoms with Crippen molar-refractivity contribution in [3.8, 4) is 5.75 Å². The van der Waals surface area contributed by atoms with Crippen molar-refractivity contribution in [2.75, 3.05) is 7.11 Å². The summed E-state index contributed by atoms with van der Waals surface area (Å²) in [4.78, 5) is 3.81. The zero-order chi connectivity index (χ0) is 12.3. The van der Waals surface area contributed by atoms with E-state index in [4.69, 9.17) is 4.74 Å². The van der Waals surface area contributed by atoms with Crippen LogP contribution in [0.5, 0.6) is 5.75 Å². The van der Waals surface area contributed by atoms with Crippen LogP contribution in [0.15, 0.2) is 24.5 Å². The van der Waals surface area contributed by atoms with Crippen LogP contribution in [0.3, 0.4) is 0 Å². The van der Waals surface area contributed by atoms with Gasteiger partial charge in [0.05, 0.1) is 7.11 Å². The number of nitrogens with zero attached hydrogens (tertiary/aromatic N) is 2. The normalized spacial score (nSPS) is 12.4.